The molecule has 7 heteroatoms. The number of nitrogens with zero attached hydrogens (tertiary/aromatic N) is 4. The second-order valence-electron chi connectivity index (χ2n) is 5.74. The summed E-state index contributed by atoms with van der Waals surface area (Å²) in [6.07, 6.45) is 3.68. The van der Waals surface area contributed by atoms with E-state index in [1.807, 2.05) is 29.7 Å². The number of imidazole rings is 1. The summed E-state index contributed by atoms with van der Waals surface area (Å²) in [7, 11) is 0. The Morgan fingerprint density at radius 2 is 2.16 bits per heavy atom. The van der Waals surface area contributed by atoms with Crippen molar-refractivity contribution >= 4 is 17.6 Å². The summed E-state index contributed by atoms with van der Waals surface area (Å²) in [5.74, 6) is 0.401. The number of aromatic nitrogens is 4. The number of halogens is 1. The van der Waals surface area contributed by atoms with Crippen LogP contribution in [0.2, 0.25) is 5.02 Å². The minimum absolute atomic E-state index is 0.292. The van der Waals surface area contributed by atoms with Gasteiger partial charge >= 0.3 is 5.97 Å². The number of carbonyl (C=O) groups is 1. The Labute approximate surface area is 149 Å². The van der Waals surface area contributed by atoms with E-state index in [1.54, 1.807) is 13.1 Å². The van der Waals surface area contributed by atoms with Gasteiger partial charge in [0.1, 0.15) is 12.2 Å². The van der Waals surface area contributed by atoms with Crippen molar-refractivity contribution in [1.29, 1.82) is 0 Å². The summed E-state index contributed by atoms with van der Waals surface area (Å²) in [4.78, 5) is 25.4. The Kier molecular flexibility index (Phi) is 3.77. The largest absolute Gasteiger partial charge is 0.461 e. The standard InChI is InChI=1S/C18H15ClN4O2/c1-3-25-18(24)17-14-7-12-8-20-10(2)23(12)15-6-11(19)4-5-13(15)16(14)21-9-22-17/h4-6,8-9H,3,7H2,1-2H3. The van der Waals surface area contributed by atoms with Crippen LogP contribution in [0.15, 0.2) is 30.7 Å². The highest BCUT2D eigenvalue weighted by Gasteiger charge is 2.27. The van der Waals surface area contributed by atoms with Crippen LogP contribution in [-0.2, 0) is 11.2 Å². The fraction of sp³-hybridized carbons (Fsp3) is 0.222. The molecule has 0 fully saturated rings. The highest BCUT2D eigenvalue weighted by atomic mass is 35.5. The molecule has 6 nitrogen and oxygen atoms in total. The minimum atomic E-state index is -0.443. The molecule has 3 heterocycles. The quantitative estimate of drug-likeness (QED) is 0.516. The van der Waals surface area contributed by atoms with Gasteiger partial charge in [-0.3, -0.25) is 4.57 Å². The van der Waals surface area contributed by atoms with Crippen molar-refractivity contribution in [3.05, 3.63) is 58.5 Å². The number of esters is 1. The summed E-state index contributed by atoms with van der Waals surface area (Å²) in [6.45, 7) is 4.00. The van der Waals surface area contributed by atoms with E-state index in [-0.39, 0.29) is 0 Å². The second-order valence-corrected chi connectivity index (χ2v) is 6.18. The van der Waals surface area contributed by atoms with Gasteiger partial charge in [-0.1, -0.05) is 11.6 Å². The van der Waals surface area contributed by atoms with Crippen molar-refractivity contribution in [2.24, 2.45) is 0 Å². The molecule has 1 aromatic carbocycles. The molecule has 0 radical (unpaired) electrons. The highest BCUT2D eigenvalue weighted by Crippen LogP contribution is 2.36. The zero-order chi connectivity index (χ0) is 17.6. The molecule has 0 atom stereocenters. The molecule has 0 saturated heterocycles. The van der Waals surface area contributed by atoms with E-state index < -0.39 is 5.97 Å². The minimum Gasteiger partial charge on any atom is -0.461 e. The fourth-order valence-corrected chi connectivity index (χ4v) is 3.37. The second kappa shape index (κ2) is 5.97. The third-order valence-corrected chi connectivity index (χ3v) is 4.47. The number of carbonyl (C=O) groups excluding carboxylic acids is 1. The van der Waals surface area contributed by atoms with Crippen molar-refractivity contribution < 1.29 is 9.53 Å². The molecule has 0 saturated carbocycles. The third kappa shape index (κ3) is 2.49. The van der Waals surface area contributed by atoms with Crippen LogP contribution in [0.3, 0.4) is 0 Å². The Bertz CT molecular complexity index is 997. The number of rotatable bonds is 2. The predicted molar refractivity (Wildman–Crippen MR) is 93.1 cm³/mol. The lowest BCUT2D eigenvalue weighted by atomic mass is 10.0. The number of hydrogen-bond acceptors (Lipinski definition) is 5. The number of aryl methyl sites for hydroxylation is 1. The Balaban J connectivity index is 2.04. The van der Waals surface area contributed by atoms with Crippen LogP contribution in [0.4, 0.5) is 0 Å². The van der Waals surface area contributed by atoms with Crippen molar-refractivity contribution in [2.45, 2.75) is 20.3 Å². The maximum absolute atomic E-state index is 12.4. The van der Waals surface area contributed by atoms with Gasteiger partial charge in [0.25, 0.3) is 0 Å². The molecule has 0 spiro atoms. The summed E-state index contributed by atoms with van der Waals surface area (Å²) in [6, 6.07) is 5.61. The van der Waals surface area contributed by atoms with E-state index in [1.165, 1.54) is 6.33 Å². The summed E-state index contributed by atoms with van der Waals surface area (Å²) in [5, 5.41) is 0.626. The van der Waals surface area contributed by atoms with Crippen molar-refractivity contribution in [3.8, 4) is 16.9 Å². The van der Waals surface area contributed by atoms with Crippen LogP contribution in [0, 0.1) is 6.92 Å². The highest BCUT2D eigenvalue weighted by molar-refractivity contribution is 6.30. The van der Waals surface area contributed by atoms with Gasteiger partial charge in [0, 0.05) is 34.5 Å². The van der Waals surface area contributed by atoms with E-state index >= 15 is 0 Å². The van der Waals surface area contributed by atoms with E-state index in [4.69, 9.17) is 16.3 Å². The van der Waals surface area contributed by atoms with Crippen molar-refractivity contribution in [1.82, 2.24) is 19.5 Å². The maximum atomic E-state index is 12.4. The predicted octanol–water partition coefficient (Wildman–Crippen LogP) is 3.37. The smallest absolute Gasteiger partial charge is 0.357 e. The van der Waals surface area contributed by atoms with E-state index in [0.717, 1.165) is 28.3 Å². The average Bonchev–Trinajstić information content (AvgIpc) is 2.88. The molecule has 1 aliphatic heterocycles. The molecule has 126 valence electrons. The van der Waals surface area contributed by atoms with Crippen molar-refractivity contribution in [3.63, 3.8) is 0 Å². The first kappa shape index (κ1) is 15.8. The van der Waals surface area contributed by atoms with E-state index in [2.05, 4.69) is 15.0 Å². The first-order chi connectivity index (χ1) is 12.1. The molecule has 25 heavy (non-hydrogen) atoms. The molecule has 2 aromatic heterocycles. The molecule has 0 amide bonds. The lowest BCUT2D eigenvalue weighted by Gasteiger charge is -2.12. The van der Waals surface area contributed by atoms with Gasteiger partial charge in [0.15, 0.2) is 5.69 Å². The summed E-state index contributed by atoms with van der Waals surface area (Å²) >= 11 is 6.23. The van der Waals surface area contributed by atoms with E-state index in [9.17, 15) is 4.79 Å². The van der Waals surface area contributed by atoms with Gasteiger partial charge in [-0.2, -0.15) is 0 Å². The van der Waals surface area contributed by atoms with Gasteiger partial charge in [0.2, 0.25) is 0 Å². The first-order valence-electron chi connectivity index (χ1n) is 7.94. The first-order valence-corrected chi connectivity index (χ1v) is 8.32. The van der Waals surface area contributed by atoms with Gasteiger partial charge < -0.3 is 4.74 Å². The molecule has 4 rings (SSSR count). The Morgan fingerprint density at radius 1 is 1.32 bits per heavy atom. The van der Waals surface area contributed by atoms with Crippen LogP contribution in [0.25, 0.3) is 16.9 Å². The molecule has 0 bridgehead atoms. The molecular formula is C18H15ClN4O2. The average molecular weight is 355 g/mol. The van der Waals surface area contributed by atoms with Gasteiger partial charge in [0.05, 0.1) is 18.0 Å². The lowest BCUT2D eigenvalue weighted by molar-refractivity contribution is 0.0518. The molecule has 0 aliphatic carbocycles. The number of ether oxygens (including phenoxy) is 1. The molecule has 3 aromatic rings. The Hall–Kier alpha value is -2.73. The molecular weight excluding hydrogens is 340 g/mol. The molecule has 0 N–H and O–H groups in total. The fourth-order valence-electron chi connectivity index (χ4n) is 3.20. The SMILES string of the molecule is CCOC(=O)c1ncnc2c1Cc1cnc(C)n1-c1cc(Cl)ccc1-2. The third-order valence-electron chi connectivity index (χ3n) is 4.24. The van der Waals surface area contributed by atoms with Crippen LogP contribution >= 0.6 is 11.6 Å². The van der Waals surface area contributed by atoms with Crippen LogP contribution in [-0.4, -0.2) is 32.1 Å². The van der Waals surface area contributed by atoms with E-state index in [0.29, 0.717) is 29.4 Å². The van der Waals surface area contributed by atoms with Crippen LogP contribution in [0.1, 0.15) is 34.5 Å². The van der Waals surface area contributed by atoms with Gasteiger partial charge in [-0.15, -0.1) is 0 Å². The zero-order valence-electron chi connectivity index (χ0n) is 13.8. The zero-order valence-corrected chi connectivity index (χ0v) is 14.5. The topological polar surface area (TPSA) is 69.9 Å². The number of hydrogen-bond donors (Lipinski definition) is 0. The lowest BCUT2D eigenvalue weighted by Crippen LogP contribution is -2.12. The summed E-state index contributed by atoms with van der Waals surface area (Å²) in [5.41, 5.74) is 4.47. The molecule has 1 aliphatic rings. The van der Waals surface area contributed by atoms with Gasteiger partial charge in [-0.05, 0) is 32.0 Å². The maximum Gasteiger partial charge on any atom is 0.357 e. The van der Waals surface area contributed by atoms with Crippen molar-refractivity contribution in [2.75, 3.05) is 6.61 Å². The monoisotopic (exact) mass is 354 g/mol. The summed E-state index contributed by atoms with van der Waals surface area (Å²) < 4.78 is 7.20. The normalized spacial score (nSPS) is 12.0. The van der Waals surface area contributed by atoms with Gasteiger partial charge in [-0.25, -0.2) is 19.7 Å². The number of fused-ring (bicyclic) bond motifs is 5. The van der Waals surface area contributed by atoms with Crippen LogP contribution in [0.5, 0.6) is 0 Å². The molecule has 0 unspecified atom stereocenters. The number of benzene rings is 1. The Morgan fingerprint density at radius 3 is 2.96 bits per heavy atom. The van der Waals surface area contributed by atoms with Crippen LogP contribution < -0.4 is 0 Å².